The maximum atomic E-state index is 6.38. The van der Waals surface area contributed by atoms with E-state index >= 15 is 0 Å². The molecule has 3 heterocycles. The van der Waals surface area contributed by atoms with Crippen molar-refractivity contribution in [3.63, 3.8) is 0 Å². The number of para-hydroxylation sites is 1. The minimum Gasteiger partial charge on any atom is -0.488 e. The van der Waals surface area contributed by atoms with Crippen LogP contribution in [0, 0.1) is 0 Å². The van der Waals surface area contributed by atoms with E-state index in [1.54, 1.807) is 12.4 Å². The standard InChI is InChI=1S/C25H24N4O2/c1-2-6-19(7-3-1)12-16-29-17-13-21(18-29)30-23-9-5-4-8-22(23)25-27-24(28-31-25)20-10-14-26-15-11-20/h1-11,14-15,21H,12-13,16-18H2. The SMILES string of the molecule is c1ccc(CCN2CCC(Oc3ccccc3-c3nc(-c4ccncc4)no3)C2)cc1. The topological polar surface area (TPSA) is 64.3 Å². The zero-order valence-electron chi connectivity index (χ0n) is 17.2. The van der Waals surface area contributed by atoms with Crippen LogP contribution in [0.25, 0.3) is 22.8 Å². The van der Waals surface area contributed by atoms with E-state index in [4.69, 9.17) is 9.26 Å². The van der Waals surface area contributed by atoms with Crippen LogP contribution < -0.4 is 4.74 Å². The lowest BCUT2D eigenvalue weighted by atomic mass is 10.1. The summed E-state index contributed by atoms with van der Waals surface area (Å²) in [6, 6.07) is 22.2. The molecule has 0 aliphatic carbocycles. The van der Waals surface area contributed by atoms with Gasteiger partial charge in [-0.25, -0.2) is 0 Å². The van der Waals surface area contributed by atoms with Gasteiger partial charge in [0.25, 0.3) is 5.89 Å². The summed E-state index contributed by atoms with van der Waals surface area (Å²) in [6.45, 7) is 3.02. The molecule has 0 bridgehead atoms. The second kappa shape index (κ2) is 9.10. The van der Waals surface area contributed by atoms with Gasteiger partial charge in [-0.2, -0.15) is 4.98 Å². The molecule has 4 aromatic rings. The van der Waals surface area contributed by atoms with Crippen LogP contribution in [-0.2, 0) is 6.42 Å². The molecular weight excluding hydrogens is 388 g/mol. The predicted octanol–water partition coefficient (Wildman–Crippen LogP) is 4.49. The van der Waals surface area contributed by atoms with Crippen molar-refractivity contribution in [3.05, 3.63) is 84.7 Å². The van der Waals surface area contributed by atoms with Crippen LogP contribution in [0.15, 0.2) is 83.6 Å². The number of nitrogens with zero attached hydrogens (tertiary/aromatic N) is 4. The molecule has 1 fully saturated rings. The highest BCUT2D eigenvalue weighted by atomic mass is 16.5. The summed E-state index contributed by atoms with van der Waals surface area (Å²) < 4.78 is 11.9. The molecule has 156 valence electrons. The Labute approximate surface area is 181 Å². The van der Waals surface area contributed by atoms with Gasteiger partial charge < -0.3 is 9.26 Å². The molecule has 1 aliphatic rings. The van der Waals surface area contributed by atoms with Gasteiger partial charge in [-0.3, -0.25) is 9.88 Å². The molecule has 0 radical (unpaired) electrons. The second-order valence-electron chi connectivity index (χ2n) is 7.72. The molecule has 0 amide bonds. The maximum absolute atomic E-state index is 6.38. The van der Waals surface area contributed by atoms with Gasteiger partial charge in [0.1, 0.15) is 11.9 Å². The third-order valence-corrected chi connectivity index (χ3v) is 5.56. The van der Waals surface area contributed by atoms with Gasteiger partial charge in [0, 0.05) is 37.6 Å². The summed E-state index contributed by atoms with van der Waals surface area (Å²) in [5.41, 5.74) is 3.06. The van der Waals surface area contributed by atoms with Crippen LogP contribution in [0.1, 0.15) is 12.0 Å². The average Bonchev–Trinajstić information content (AvgIpc) is 3.49. The Morgan fingerprint density at radius 3 is 2.65 bits per heavy atom. The Hall–Kier alpha value is -3.51. The van der Waals surface area contributed by atoms with Crippen molar-refractivity contribution in [3.8, 4) is 28.6 Å². The summed E-state index contributed by atoms with van der Waals surface area (Å²) >= 11 is 0. The fraction of sp³-hybridized carbons (Fsp3) is 0.240. The number of hydrogen-bond acceptors (Lipinski definition) is 6. The highest BCUT2D eigenvalue weighted by molar-refractivity contribution is 5.65. The molecule has 0 saturated carbocycles. The quantitative estimate of drug-likeness (QED) is 0.446. The van der Waals surface area contributed by atoms with E-state index in [0.717, 1.165) is 49.4 Å². The zero-order valence-corrected chi connectivity index (χ0v) is 17.2. The third-order valence-electron chi connectivity index (χ3n) is 5.56. The lowest BCUT2D eigenvalue weighted by Crippen LogP contribution is -2.26. The molecule has 2 aromatic carbocycles. The number of aromatic nitrogens is 3. The molecule has 6 nitrogen and oxygen atoms in total. The average molecular weight is 412 g/mol. The summed E-state index contributed by atoms with van der Waals surface area (Å²) in [6.07, 6.45) is 5.65. The lowest BCUT2D eigenvalue weighted by Gasteiger charge is -2.18. The first kappa shape index (κ1) is 19.5. The highest BCUT2D eigenvalue weighted by Gasteiger charge is 2.25. The van der Waals surface area contributed by atoms with E-state index in [1.807, 2.05) is 36.4 Å². The van der Waals surface area contributed by atoms with Gasteiger partial charge in [0.2, 0.25) is 5.82 Å². The minimum absolute atomic E-state index is 0.152. The van der Waals surface area contributed by atoms with E-state index in [2.05, 4.69) is 50.4 Å². The van der Waals surface area contributed by atoms with Crippen LogP contribution >= 0.6 is 0 Å². The Balaban J connectivity index is 1.25. The van der Waals surface area contributed by atoms with Crippen LogP contribution in [-0.4, -0.2) is 45.8 Å². The number of ether oxygens (including phenoxy) is 1. The van der Waals surface area contributed by atoms with Crippen LogP contribution in [0.3, 0.4) is 0 Å². The molecule has 5 rings (SSSR count). The summed E-state index contributed by atoms with van der Waals surface area (Å²) in [7, 11) is 0. The van der Waals surface area contributed by atoms with E-state index in [1.165, 1.54) is 5.56 Å². The van der Waals surface area contributed by atoms with Crippen molar-refractivity contribution in [1.29, 1.82) is 0 Å². The van der Waals surface area contributed by atoms with Crippen LogP contribution in [0.5, 0.6) is 5.75 Å². The van der Waals surface area contributed by atoms with E-state index in [9.17, 15) is 0 Å². The van der Waals surface area contributed by atoms with Crippen LogP contribution in [0.2, 0.25) is 0 Å². The molecule has 6 heteroatoms. The molecule has 1 aliphatic heterocycles. The third kappa shape index (κ3) is 4.64. The summed E-state index contributed by atoms with van der Waals surface area (Å²) in [4.78, 5) is 11.1. The summed E-state index contributed by atoms with van der Waals surface area (Å²) in [5, 5.41) is 4.12. The lowest BCUT2D eigenvalue weighted by molar-refractivity contribution is 0.201. The van der Waals surface area contributed by atoms with Gasteiger partial charge >= 0.3 is 0 Å². The van der Waals surface area contributed by atoms with Gasteiger partial charge in [0.05, 0.1) is 5.56 Å². The zero-order chi connectivity index (χ0) is 20.9. The monoisotopic (exact) mass is 412 g/mol. The van der Waals surface area contributed by atoms with Gasteiger partial charge in [0.15, 0.2) is 0 Å². The number of pyridine rings is 1. The van der Waals surface area contributed by atoms with E-state index in [-0.39, 0.29) is 6.10 Å². The summed E-state index contributed by atoms with van der Waals surface area (Å²) in [5.74, 6) is 1.78. The van der Waals surface area contributed by atoms with E-state index in [0.29, 0.717) is 11.7 Å². The van der Waals surface area contributed by atoms with Gasteiger partial charge in [-0.15, -0.1) is 0 Å². The molecule has 0 spiro atoms. The molecule has 31 heavy (non-hydrogen) atoms. The van der Waals surface area contributed by atoms with Crippen molar-refractivity contribution in [2.45, 2.75) is 18.9 Å². The predicted molar refractivity (Wildman–Crippen MR) is 119 cm³/mol. The number of rotatable bonds is 7. The molecule has 0 N–H and O–H groups in total. The Kier molecular flexibility index (Phi) is 5.71. The van der Waals surface area contributed by atoms with Crippen molar-refractivity contribution in [2.75, 3.05) is 19.6 Å². The maximum Gasteiger partial charge on any atom is 0.262 e. The first-order valence-corrected chi connectivity index (χ1v) is 10.6. The van der Waals surface area contributed by atoms with Gasteiger partial charge in [-0.05, 0) is 42.7 Å². The van der Waals surface area contributed by atoms with Crippen molar-refractivity contribution >= 4 is 0 Å². The fourth-order valence-corrected chi connectivity index (χ4v) is 3.91. The Morgan fingerprint density at radius 1 is 0.968 bits per heavy atom. The fourth-order valence-electron chi connectivity index (χ4n) is 3.91. The number of hydrogen-bond donors (Lipinski definition) is 0. The molecule has 1 atom stereocenters. The number of likely N-dealkylation sites (tertiary alicyclic amines) is 1. The van der Waals surface area contributed by atoms with Crippen molar-refractivity contribution < 1.29 is 9.26 Å². The van der Waals surface area contributed by atoms with Crippen molar-refractivity contribution in [2.24, 2.45) is 0 Å². The highest BCUT2D eigenvalue weighted by Crippen LogP contribution is 2.31. The van der Waals surface area contributed by atoms with Crippen LogP contribution in [0.4, 0.5) is 0 Å². The molecule has 2 aromatic heterocycles. The number of benzene rings is 2. The first-order chi connectivity index (χ1) is 15.3. The Morgan fingerprint density at radius 2 is 1.77 bits per heavy atom. The van der Waals surface area contributed by atoms with Crippen molar-refractivity contribution in [1.82, 2.24) is 20.0 Å². The van der Waals surface area contributed by atoms with Gasteiger partial charge in [-0.1, -0.05) is 47.6 Å². The molecular formula is C25H24N4O2. The smallest absolute Gasteiger partial charge is 0.262 e. The minimum atomic E-state index is 0.152. The Bertz CT molecular complexity index is 1110. The molecule has 1 saturated heterocycles. The molecule has 1 unspecified atom stereocenters. The largest absolute Gasteiger partial charge is 0.488 e. The first-order valence-electron chi connectivity index (χ1n) is 10.6. The van der Waals surface area contributed by atoms with E-state index < -0.39 is 0 Å². The normalized spacial score (nSPS) is 16.5. The second-order valence-corrected chi connectivity index (χ2v) is 7.72.